The molecular formula is C9H13F3. The maximum absolute atomic E-state index is 12.0. The van der Waals surface area contributed by atoms with Gasteiger partial charge in [-0.2, -0.15) is 13.2 Å². The normalized spacial score (nSPS) is 14.2. The summed E-state index contributed by atoms with van der Waals surface area (Å²) in [5.74, 6) is 0. The number of rotatable bonds is 3. The van der Waals surface area contributed by atoms with Crippen molar-refractivity contribution in [2.75, 3.05) is 0 Å². The molecule has 0 aliphatic rings. The van der Waals surface area contributed by atoms with Crippen LogP contribution in [0, 0.1) is 0 Å². The molecule has 0 nitrogen and oxygen atoms in total. The van der Waals surface area contributed by atoms with Crippen LogP contribution in [0.2, 0.25) is 0 Å². The van der Waals surface area contributed by atoms with E-state index in [0.29, 0.717) is 6.42 Å². The zero-order chi connectivity index (χ0) is 9.61. The van der Waals surface area contributed by atoms with Gasteiger partial charge in [0.2, 0.25) is 0 Å². The summed E-state index contributed by atoms with van der Waals surface area (Å²) >= 11 is 0. The topological polar surface area (TPSA) is 0 Å². The lowest BCUT2D eigenvalue weighted by Gasteiger charge is -2.05. The van der Waals surface area contributed by atoms with Crippen LogP contribution < -0.4 is 0 Å². The predicted octanol–water partition coefficient (Wildman–Crippen LogP) is 3.85. The molecule has 0 heterocycles. The van der Waals surface area contributed by atoms with Gasteiger partial charge in [-0.3, -0.25) is 0 Å². The molecule has 0 bridgehead atoms. The van der Waals surface area contributed by atoms with E-state index in [9.17, 15) is 13.2 Å². The quantitative estimate of drug-likeness (QED) is 0.576. The summed E-state index contributed by atoms with van der Waals surface area (Å²) in [5, 5.41) is 0. The molecule has 0 unspecified atom stereocenters. The summed E-state index contributed by atoms with van der Waals surface area (Å²) in [6.07, 6.45) is 1.09. The molecule has 0 aromatic rings. The molecule has 0 atom stereocenters. The van der Waals surface area contributed by atoms with E-state index in [1.165, 1.54) is 6.92 Å². The fourth-order valence-electron chi connectivity index (χ4n) is 0.731. The maximum Gasteiger partial charge on any atom is 0.416 e. The first kappa shape index (κ1) is 11.3. The third-order valence-corrected chi connectivity index (χ3v) is 1.39. The first-order chi connectivity index (χ1) is 5.52. The van der Waals surface area contributed by atoms with Crippen molar-refractivity contribution in [1.82, 2.24) is 0 Å². The Hall–Kier alpha value is -0.730. The molecule has 0 saturated carbocycles. The molecule has 0 spiro atoms. The van der Waals surface area contributed by atoms with Crippen LogP contribution in [0.15, 0.2) is 23.8 Å². The van der Waals surface area contributed by atoms with Crippen LogP contribution in [0.5, 0.6) is 0 Å². The minimum absolute atomic E-state index is 0.573. The van der Waals surface area contributed by atoms with Crippen molar-refractivity contribution < 1.29 is 13.2 Å². The molecule has 0 aromatic heterocycles. The largest absolute Gasteiger partial charge is 0.416 e. The maximum atomic E-state index is 12.0. The number of hydrogen-bond acceptors (Lipinski definition) is 0. The van der Waals surface area contributed by atoms with E-state index in [-0.39, 0.29) is 0 Å². The predicted molar refractivity (Wildman–Crippen MR) is 43.9 cm³/mol. The first-order valence-corrected chi connectivity index (χ1v) is 3.92. The highest BCUT2D eigenvalue weighted by molar-refractivity contribution is 5.22. The molecule has 12 heavy (non-hydrogen) atoms. The lowest BCUT2D eigenvalue weighted by Crippen LogP contribution is -2.09. The number of alkyl halides is 3. The minimum Gasteiger partial charge on any atom is -0.166 e. The van der Waals surface area contributed by atoms with E-state index < -0.39 is 11.7 Å². The summed E-state index contributed by atoms with van der Waals surface area (Å²) in [5.41, 5.74) is -0.573. The number of allylic oxidation sites excluding steroid dienone is 4. The van der Waals surface area contributed by atoms with Crippen LogP contribution in [0.25, 0.3) is 0 Å². The van der Waals surface area contributed by atoms with Gasteiger partial charge in [-0.05, 0) is 13.3 Å². The number of hydrogen-bond donors (Lipinski definition) is 0. The van der Waals surface area contributed by atoms with E-state index in [4.69, 9.17) is 0 Å². The zero-order valence-corrected chi connectivity index (χ0v) is 7.28. The van der Waals surface area contributed by atoms with Gasteiger partial charge in [-0.15, -0.1) is 0 Å². The molecule has 70 valence electrons. The highest BCUT2D eigenvalue weighted by Gasteiger charge is 2.30. The second kappa shape index (κ2) is 5.01. The Labute approximate surface area is 70.8 Å². The van der Waals surface area contributed by atoms with Crippen LogP contribution >= 0.6 is 0 Å². The van der Waals surface area contributed by atoms with Crippen molar-refractivity contribution in [3.8, 4) is 0 Å². The monoisotopic (exact) mass is 178 g/mol. The van der Waals surface area contributed by atoms with Gasteiger partial charge < -0.3 is 0 Å². The van der Waals surface area contributed by atoms with Gasteiger partial charge in [0.15, 0.2) is 0 Å². The number of unbranched alkanes of at least 4 members (excludes halogenated alkanes) is 1. The van der Waals surface area contributed by atoms with Crippen molar-refractivity contribution >= 4 is 0 Å². The summed E-state index contributed by atoms with van der Waals surface area (Å²) in [6, 6.07) is 0. The van der Waals surface area contributed by atoms with E-state index in [1.54, 1.807) is 6.08 Å². The first-order valence-electron chi connectivity index (χ1n) is 3.92. The van der Waals surface area contributed by atoms with Gasteiger partial charge in [0.25, 0.3) is 0 Å². The molecule has 0 fully saturated rings. The molecule has 0 aliphatic carbocycles. The van der Waals surface area contributed by atoms with Crippen LogP contribution in [0.1, 0.15) is 26.7 Å². The van der Waals surface area contributed by atoms with E-state index in [1.807, 2.05) is 6.92 Å². The zero-order valence-electron chi connectivity index (χ0n) is 7.28. The molecule has 0 amide bonds. The Kier molecular flexibility index (Phi) is 4.71. The summed E-state index contributed by atoms with van der Waals surface area (Å²) in [4.78, 5) is 0. The number of halogens is 3. The average molecular weight is 178 g/mol. The fraction of sp³-hybridized carbons (Fsp3) is 0.556. The van der Waals surface area contributed by atoms with Crippen molar-refractivity contribution in [2.45, 2.75) is 32.9 Å². The summed E-state index contributed by atoms with van der Waals surface area (Å²) in [7, 11) is 0. The third kappa shape index (κ3) is 4.21. The summed E-state index contributed by atoms with van der Waals surface area (Å²) in [6.45, 7) is 3.31. The van der Waals surface area contributed by atoms with Crippen molar-refractivity contribution in [3.63, 3.8) is 0 Å². The van der Waals surface area contributed by atoms with Gasteiger partial charge in [-0.1, -0.05) is 31.6 Å². The van der Waals surface area contributed by atoms with Crippen molar-refractivity contribution in [1.29, 1.82) is 0 Å². The Morgan fingerprint density at radius 2 is 1.92 bits per heavy atom. The second-order valence-electron chi connectivity index (χ2n) is 2.43. The van der Waals surface area contributed by atoms with Crippen molar-refractivity contribution in [3.05, 3.63) is 23.8 Å². The Balaban J connectivity index is 4.21. The average Bonchev–Trinajstić information content (AvgIpc) is 1.95. The van der Waals surface area contributed by atoms with Crippen LogP contribution in [0.4, 0.5) is 13.2 Å². The van der Waals surface area contributed by atoms with Gasteiger partial charge in [-0.25, -0.2) is 0 Å². The third-order valence-electron chi connectivity index (χ3n) is 1.39. The van der Waals surface area contributed by atoms with Crippen LogP contribution in [0.3, 0.4) is 0 Å². The SMILES string of the molecule is C/C=C(\C=C/CCC)C(F)(F)F. The van der Waals surface area contributed by atoms with E-state index >= 15 is 0 Å². The molecular weight excluding hydrogens is 165 g/mol. The summed E-state index contributed by atoms with van der Waals surface area (Å²) < 4.78 is 36.1. The van der Waals surface area contributed by atoms with E-state index in [2.05, 4.69) is 0 Å². The van der Waals surface area contributed by atoms with Crippen LogP contribution in [-0.4, -0.2) is 6.18 Å². The highest BCUT2D eigenvalue weighted by Crippen LogP contribution is 2.26. The Morgan fingerprint density at radius 3 is 2.25 bits per heavy atom. The van der Waals surface area contributed by atoms with Gasteiger partial charge in [0.05, 0.1) is 5.57 Å². The lowest BCUT2D eigenvalue weighted by atomic mass is 10.2. The highest BCUT2D eigenvalue weighted by atomic mass is 19.4. The Bertz CT molecular complexity index is 175. The van der Waals surface area contributed by atoms with Crippen LogP contribution in [-0.2, 0) is 0 Å². The van der Waals surface area contributed by atoms with E-state index in [0.717, 1.165) is 18.6 Å². The fourth-order valence-corrected chi connectivity index (χ4v) is 0.731. The van der Waals surface area contributed by atoms with Gasteiger partial charge >= 0.3 is 6.18 Å². The molecule has 0 aliphatic heterocycles. The molecule has 0 radical (unpaired) electrons. The smallest absolute Gasteiger partial charge is 0.166 e. The van der Waals surface area contributed by atoms with Crippen molar-refractivity contribution in [2.24, 2.45) is 0 Å². The second-order valence-corrected chi connectivity index (χ2v) is 2.43. The Morgan fingerprint density at radius 1 is 1.33 bits per heavy atom. The molecule has 0 N–H and O–H groups in total. The molecule has 3 heteroatoms. The molecule has 0 aromatic carbocycles. The van der Waals surface area contributed by atoms with Gasteiger partial charge in [0, 0.05) is 0 Å². The molecule has 0 rings (SSSR count). The standard InChI is InChI=1S/C9H13F3/c1-3-5-6-7-8(4-2)9(10,11)12/h4,6-7H,3,5H2,1-2H3/b7-6-,8-4+. The van der Waals surface area contributed by atoms with Gasteiger partial charge in [0.1, 0.15) is 0 Å². The molecule has 0 saturated heterocycles. The minimum atomic E-state index is -4.21. The lowest BCUT2D eigenvalue weighted by molar-refractivity contribution is -0.0883.